The van der Waals surface area contributed by atoms with Crippen LogP contribution in [0.3, 0.4) is 0 Å². The molecule has 0 saturated carbocycles. The van der Waals surface area contributed by atoms with Crippen LogP contribution in [0, 0.1) is 6.92 Å². The first kappa shape index (κ1) is 14.5. The maximum Gasteiger partial charge on any atom is 0.304 e. The number of anilines is 1. The van der Waals surface area contributed by atoms with Gasteiger partial charge in [-0.1, -0.05) is 18.2 Å². The molecule has 0 saturated heterocycles. The zero-order chi connectivity index (χ0) is 13.8. The minimum absolute atomic E-state index is 0.0729. The van der Waals surface area contributed by atoms with Gasteiger partial charge in [0.05, 0.1) is 12.1 Å². The first-order chi connectivity index (χ1) is 8.33. The predicted molar refractivity (Wildman–Crippen MR) is 68.6 cm³/mol. The summed E-state index contributed by atoms with van der Waals surface area (Å²) in [6.07, 6.45) is -0.231. The Morgan fingerprint density at radius 2 is 2.00 bits per heavy atom. The van der Waals surface area contributed by atoms with Crippen molar-refractivity contribution in [2.24, 2.45) is 0 Å². The number of para-hydroxylation sites is 1. The van der Waals surface area contributed by atoms with Crippen molar-refractivity contribution >= 4 is 21.9 Å². The van der Waals surface area contributed by atoms with Crippen molar-refractivity contribution in [3.63, 3.8) is 0 Å². The Hall–Kier alpha value is -1.60. The quantitative estimate of drug-likeness (QED) is 0.810. The van der Waals surface area contributed by atoms with Crippen LogP contribution in [-0.4, -0.2) is 37.4 Å². The molecule has 2 N–H and O–H groups in total. The monoisotopic (exact) mass is 272 g/mol. The van der Waals surface area contributed by atoms with Gasteiger partial charge in [0.2, 0.25) is 0 Å². The van der Waals surface area contributed by atoms with Gasteiger partial charge in [-0.3, -0.25) is 9.52 Å². The van der Waals surface area contributed by atoms with Gasteiger partial charge in [0.1, 0.15) is 0 Å². The normalized spacial score (nSPS) is 11.5. The molecule has 0 unspecified atom stereocenters. The van der Waals surface area contributed by atoms with Crippen molar-refractivity contribution in [1.82, 2.24) is 4.31 Å². The Morgan fingerprint density at radius 1 is 1.39 bits per heavy atom. The van der Waals surface area contributed by atoms with Gasteiger partial charge in [-0.05, 0) is 18.6 Å². The zero-order valence-electron chi connectivity index (χ0n) is 10.3. The van der Waals surface area contributed by atoms with Gasteiger partial charge < -0.3 is 5.11 Å². The molecule has 0 radical (unpaired) electrons. The average molecular weight is 272 g/mol. The fourth-order valence-corrected chi connectivity index (χ4v) is 2.27. The van der Waals surface area contributed by atoms with Crippen LogP contribution in [0.4, 0.5) is 5.69 Å². The van der Waals surface area contributed by atoms with E-state index >= 15 is 0 Å². The minimum Gasteiger partial charge on any atom is -0.481 e. The van der Waals surface area contributed by atoms with E-state index in [0.29, 0.717) is 5.69 Å². The molecule has 0 fully saturated rings. The van der Waals surface area contributed by atoms with E-state index in [1.807, 2.05) is 0 Å². The van der Waals surface area contributed by atoms with E-state index in [1.165, 1.54) is 7.05 Å². The molecule has 0 aromatic heterocycles. The Kier molecular flexibility index (Phi) is 4.69. The fourth-order valence-electron chi connectivity index (χ4n) is 1.28. The lowest BCUT2D eigenvalue weighted by molar-refractivity contribution is -0.137. The van der Waals surface area contributed by atoms with E-state index in [0.717, 1.165) is 9.87 Å². The second-order valence-corrected chi connectivity index (χ2v) is 5.66. The molecular formula is C11H16N2O4S. The molecule has 0 aliphatic heterocycles. The summed E-state index contributed by atoms with van der Waals surface area (Å²) in [7, 11) is -2.37. The first-order valence-corrected chi connectivity index (χ1v) is 6.78. The lowest BCUT2D eigenvalue weighted by Crippen LogP contribution is -2.34. The molecule has 0 aliphatic carbocycles. The van der Waals surface area contributed by atoms with Crippen LogP contribution in [0.5, 0.6) is 0 Å². The SMILES string of the molecule is Cc1ccccc1NS(=O)(=O)N(C)CCC(=O)O. The molecule has 0 aliphatic rings. The van der Waals surface area contributed by atoms with Gasteiger partial charge in [0.25, 0.3) is 0 Å². The van der Waals surface area contributed by atoms with Crippen molar-refractivity contribution in [1.29, 1.82) is 0 Å². The van der Waals surface area contributed by atoms with Gasteiger partial charge in [-0.15, -0.1) is 0 Å². The third kappa shape index (κ3) is 4.01. The van der Waals surface area contributed by atoms with E-state index < -0.39 is 16.2 Å². The Bertz CT molecular complexity index is 528. The van der Waals surface area contributed by atoms with Crippen LogP contribution in [0.15, 0.2) is 24.3 Å². The number of benzene rings is 1. The van der Waals surface area contributed by atoms with Gasteiger partial charge in [-0.25, -0.2) is 0 Å². The molecule has 1 aromatic carbocycles. The van der Waals surface area contributed by atoms with Crippen LogP contribution in [0.2, 0.25) is 0 Å². The Labute approximate surface area is 106 Å². The molecule has 7 heteroatoms. The minimum atomic E-state index is -3.71. The molecule has 0 atom stereocenters. The topological polar surface area (TPSA) is 86.7 Å². The molecule has 6 nitrogen and oxygen atoms in total. The highest BCUT2D eigenvalue weighted by Gasteiger charge is 2.18. The Morgan fingerprint density at radius 3 is 2.56 bits per heavy atom. The zero-order valence-corrected chi connectivity index (χ0v) is 11.1. The highest BCUT2D eigenvalue weighted by atomic mass is 32.2. The van der Waals surface area contributed by atoms with Gasteiger partial charge in [-0.2, -0.15) is 12.7 Å². The second-order valence-electron chi connectivity index (χ2n) is 3.89. The summed E-state index contributed by atoms with van der Waals surface area (Å²) in [5.41, 5.74) is 1.28. The van der Waals surface area contributed by atoms with Gasteiger partial charge in [0, 0.05) is 13.6 Å². The van der Waals surface area contributed by atoms with Crippen LogP contribution in [0.1, 0.15) is 12.0 Å². The average Bonchev–Trinajstić information content (AvgIpc) is 2.28. The number of aliphatic carboxylic acids is 1. The standard InChI is InChI=1S/C11H16N2O4S/c1-9-5-3-4-6-10(9)12-18(16,17)13(2)8-7-11(14)15/h3-6,12H,7-8H2,1-2H3,(H,14,15). The Balaban J connectivity index is 2.76. The van der Waals surface area contributed by atoms with Gasteiger partial charge in [0.15, 0.2) is 0 Å². The maximum absolute atomic E-state index is 11.9. The molecule has 100 valence electrons. The molecule has 0 amide bonds. The van der Waals surface area contributed by atoms with Crippen LogP contribution in [-0.2, 0) is 15.0 Å². The smallest absolute Gasteiger partial charge is 0.304 e. The fraction of sp³-hybridized carbons (Fsp3) is 0.364. The number of nitrogens with zero attached hydrogens (tertiary/aromatic N) is 1. The van der Waals surface area contributed by atoms with Crippen LogP contribution < -0.4 is 4.72 Å². The molecule has 0 spiro atoms. The van der Waals surface area contributed by atoms with E-state index in [-0.39, 0.29) is 13.0 Å². The third-order valence-corrected chi connectivity index (χ3v) is 3.92. The van der Waals surface area contributed by atoms with Crippen molar-refractivity contribution in [2.45, 2.75) is 13.3 Å². The molecule has 1 aromatic rings. The number of rotatable bonds is 6. The molecular weight excluding hydrogens is 256 g/mol. The summed E-state index contributed by atoms with van der Waals surface area (Å²) in [5, 5.41) is 8.52. The number of carboxylic acids is 1. The third-order valence-electron chi connectivity index (χ3n) is 2.43. The molecule has 1 rings (SSSR count). The van der Waals surface area contributed by atoms with E-state index in [4.69, 9.17) is 5.11 Å². The highest BCUT2D eigenvalue weighted by Crippen LogP contribution is 2.15. The summed E-state index contributed by atoms with van der Waals surface area (Å²) in [6.45, 7) is 1.71. The van der Waals surface area contributed by atoms with Crippen molar-refractivity contribution < 1.29 is 18.3 Å². The van der Waals surface area contributed by atoms with Crippen LogP contribution in [0.25, 0.3) is 0 Å². The first-order valence-electron chi connectivity index (χ1n) is 5.34. The summed E-state index contributed by atoms with van der Waals surface area (Å²) < 4.78 is 27.2. The molecule has 18 heavy (non-hydrogen) atoms. The maximum atomic E-state index is 11.9. The predicted octanol–water partition coefficient (Wildman–Crippen LogP) is 1.06. The number of hydrogen-bond acceptors (Lipinski definition) is 3. The van der Waals surface area contributed by atoms with E-state index in [2.05, 4.69) is 4.72 Å². The number of aryl methyl sites for hydroxylation is 1. The molecule has 0 bridgehead atoms. The van der Waals surface area contributed by atoms with E-state index in [1.54, 1.807) is 31.2 Å². The summed E-state index contributed by atoms with van der Waals surface area (Å²) >= 11 is 0. The number of carboxylic acid groups (broad SMARTS) is 1. The number of hydrogen-bond donors (Lipinski definition) is 2. The largest absolute Gasteiger partial charge is 0.481 e. The number of nitrogens with one attached hydrogen (secondary N) is 1. The number of carbonyl (C=O) groups is 1. The van der Waals surface area contributed by atoms with E-state index in [9.17, 15) is 13.2 Å². The van der Waals surface area contributed by atoms with Crippen LogP contribution >= 0.6 is 0 Å². The van der Waals surface area contributed by atoms with Crippen molar-refractivity contribution in [3.8, 4) is 0 Å². The summed E-state index contributed by atoms with van der Waals surface area (Å²) in [4.78, 5) is 10.4. The summed E-state index contributed by atoms with van der Waals surface area (Å²) in [6, 6.07) is 6.97. The molecule has 0 heterocycles. The lowest BCUT2D eigenvalue weighted by atomic mass is 10.2. The summed E-state index contributed by atoms with van der Waals surface area (Å²) in [5.74, 6) is -1.03. The van der Waals surface area contributed by atoms with Crippen molar-refractivity contribution in [3.05, 3.63) is 29.8 Å². The van der Waals surface area contributed by atoms with Crippen molar-refractivity contribution in [2.75, 3.05) is 18.3 Å². The second kappa shape index (κ2) is 5.83. The van der Waals surface area contributed by atoms with Gasteiger partial charge >= 0.3 is 16.2 Å². The highest BCUT2D eigenvalue weighted by molar-refractivity contribution is 7.90. The lowest BCUT2D eigenvalue weighted by Gasteiger charge is -2.18.